The van der Waals surface area contributed by atoms with Gasteiger partial charge in [-0.15, -0.1) is 0 Å². The van der Waals surface area contributed by atoms with E-state index in [0.29, 0.717) is 12.1 Å². The number of rotatable bonds is 6. The molecule has 2 unspecified atom stereocenters. The van der Waals surface area contributed by atoms with E-state index in [2.05, 4.69) is 37.9 Å². The first-order chi connectivity index (χ1) is 7.95. The molecule has 4 heteroatoms. The van der Waals surface area contributed by atoms with Gasteiger partial charge in [0.2, 0.25) is 0 Å². The Balaban J connectivity index is 2.36. The van der Waals surface area contributed by atoms with Crippen molar-refractivity contribution in [3.63, 3.8) is 0 Å². The number of hydrogen-bond donors (Lipinski definition) is 2. The van der Waals surface area contributed by atoms with Crippen molar-refractivity contribution in [1.82, 2.24) is 10.2 Å². The minimum atomic E-state index is -0.171. The molecule has 1 fully saturated rings. The third-order valence-corrected chi connectivity index (χ3v) is 3.29. The predicted octanol–water partition coefficient (Wildman–Crippen LogP) is 0.846. The molecular formula is C13H28N2O2. The minimum absolute atomic E-state index is 0.171. The zero-order chi connectivity index (χ0) is 12.9. The van der Waals surface area contributed by atoms with E-state index < -0.39 is 0 Å². The number of nitrogens with zero attached hydrogens (tertiary/aromatic N) is 1. The fourth-order valence-corrected chi connectivity index (χ4v) is 2.39. The van der Waals surface area contributed by atoms with Gasteiger partial charge in [-0.1, -0.05) is 13.8 Å². The van der Waals surface area contributed by atoms with Gasteiger partial charge in [0.05, 0.1) is 19.3 Å². The standard InChI is InChI=1S/C13H28N2O2/c1-11(2)14-13(4,10-16)5-6-15-7-8-17-12(3)9-15/h11-12,14,16H,5-10H2,1-4H3. The lowest BCUT2D eigenvalue weighted by Gasteiger charge is -2.36. The molecule has 0 aromatic heterocycles. The van der Waals surface area contributed by atoms with E-state index in [4.69, 9.17) is 4.74 Å². The van der Waals surface area contributed by atoms with E-state index in [1.165, 1.54) is 0 Å². The van der Waals surface area contributed by atoms with Gasteiger partial charge in [0.1, 0.15) is 0 Å². The minimum Gasteiger partial charge on any atom is -0.394 e. The molecule has 17 heavy (non-hydrogen) atoms. The summed E-state index contributed by atoms with van der Waals surface area (Å²) in [7, 11) is 0. The topological polar surface area (TPSA) is 44.7 Å². The lowest BCUT2D eigenvalue weighted by molar-refractivity contribution is -0.0218. The molecule has 1 aliphatic rings. The maximum atomic E-state index is 9.51. The van der Waals surface area contributed by atoms with Crippen LogP contribution in [0.2, 0.25) is 0 Å². The summed E-state index contributed by atoms with van der Waals surface area (Å²) >= 11 is 0. The van der Waals surface area contributed by atoms with Crippen molar-refractivity contribution < 1.29 is 9.84 Å². The molecule has 0 radical (unpaired) electrons. The zero-order valence-electron chi connectivity index (χ0n) is 11.7. The van der Waals surface area contributed by atoms with E-state index in [-0.39, 0.29) is 12.1 Å². The Labute approximate surface area is 105 Å². The summed E-state index contributed by atoms with van der Waals surface area (Å²) in [6.45, 7) is 12.5. The quantitative estimate of drug-likeness (QED) is 0.727. The average Bonchev–Trinajstić information content (AvgIpc) is 2.26. The summed E-state index contributed by atoms with van der Waals surface area (Å²) in [5.74, 6) is 0. The first kappa shape index (κ1) is 14.9. The van der Waals surface area contributed by atoms with E-state index >= 15 is 0 Å². The summed E-state index contributed by atoms with van der Waals surface area (Å²) in [4.78, 5) is 2.42. The van der Waals surface area contributed by atoms with Gasteiger partial charge in [0.25, 0.3) is 0 Å². The number of aliphatic hydroxyl groups excluding tert-OH is 1. The largest absolute Gasteiger partial charge is 0.394 e. The third kappa shape index (κ3) is 5.34. The van der Waals surface area contributed by atoms with Crippen LogP contribution in [-0.2, 0) is 4.74 Å². The summed E-state index contributed by atoms with van der Waals surface area (Å²) in [5.41, 5.74) is -0.171. The van der Waals surface area contributed by atoms with Gasteiger partial charge in [-0.3, -0.25) is 4.90 Å². The second kappa shape index (κ2) is 6.69. The Bertz CT molecular complexity index is 223. The zero-order valence-corrected chi connectivity index (χ0v) is 11.7. The second-order valence-corrected chi connectivity index (χ2v) is 5.75. The van der Waals surface area contributed by atoms with Crippen LogP contribution in [0, 0.1) is 0 Å². The molecule has 1 saturated heterocycles. The number of hydrogen-bond acceptors (Lipinski definition) is 4. The second-order valence-electron chi connectivity index (χ2n) is 5.75. The van der Waals surface area contributed by atoms with Crippen molar-refractivity contribution in [2.75, 3.05) is 32.8 Å². The summed E-state index contributed by atoms with van der Waals surface area (Å²) in [6.07, 6.45) is 1.30. The molecule has 1 rings (SSSR count). The Kier molecular flexibility index (Phi) is 5.86. The van der Waals surface area contributed by atoms with Crippen LogP contribution in [0.1, 0.15) is 34.1 Å². The highest BCUT2D eigenvalue weighted by Gasteiger charge is 2.25. The van der Waals surface area contributed by atoms with Crippen LogP contribution in [-0.4, -0.2) is 60.5 Å². The predicted molar refractivity (Wildman–Crippen MR) is 70.2 cm³/mol. The highest BCUT2D eigenvalue weighted by Crippen LogP contribution is 2.13. The van der Waals surface area contributed by atoms with Crippen LogP contribution >= 0.6 is 0 Å². The van der Waals surface area contributed by atoms with Gasteiger partial charge in [-0.2, -0.15) is 0 Å². The van der Waals surface area contributed by atoms with Crippen LogP contribution < -0.4 is 5.32 Å². The first-order valence-corrected chi connectivity index (χ1v) is 6.68. The van der Waals surface area contributed by atoms with E-state index in [1.54, 1.807) is 0 Å². The molecule has 4 nitrogen and oxygen atoms in total. The molecule has 102 valence electrons. The van der Waals surface area contributed by atoms with E-state index in [1.807, 2.05) is 0 Å². The van der Waals surface area contributed by atoms with Crippen molar-refractivity contribution in [1.29, 1.82) is 0 Å². The number of ether oxygens (including phenoxy) is 1. The van der Waals surface area contributed by atoms with Crippen molar-refractivity contribution >= 4 is 0 Å². The molecule has 1 aliphatic heterocycles. The molecule has 0 amide bonds. The molecule has 0 aromatic carbocycles. The lowest BCUT2D eigenvalue weighted by Crippen LogP contribution is -2.52. The van der Waals surface area contributed by atoms with Gasteiger partial charge in [-0.05, 0) is 20.3 Å². The third-order valence-electron chi connectivity index (χ3n) is 3.29. The molecule has 0 aromatic rings. The van der Waals surface area contributed by atoms with Crippen molar-refractivity contribution in [3.05, 3.63) is 0 Å². The molecular weight excluding hydrogens is 216 g/mol. The Morgan fingerprint density at radius 1 is 1.53 bits per heavy atom. The highest BCUT2D eigenvalue weighted by molar-refractivity contribution is 4.85. The average molecular weight is 244 g/mol. The molecule has 2 N–H and O–H groups in total. The maximum absolute atomic E-state index is 9.51. The highest BCUT2D eigenvalue weighted by atomic mass is 16.5. The Hall–Kier alpha value is -0.160. The van der Waals surface area contributed by atoms with Crippen LogP contribution in [0.3, 0.4) is 0 Å². The first-order valence-electron chi connectivity index (χ1n) is 6.68. The molecule has 0 spiro atoms. The van der Waals surface area contributed by atoms with Crippen molar-refractivity contribution in [3.8, 4) is 0 Å². The van der Waals surface area contributed by atoms with Crippen LogP contribution in [0.15, 0.2) is 0 Å². The fourth-order valence-electron chi connectivity index (χ4n) is 2.39. The molecule has 0 bridgehead atoms. The Morgan fingerprint density at radius 2 is 2.24 bits per heavy atom. The molecule has 1 heterocycles. The van der Waals surface area contributed by atoms with Gasteiger partial charge < -0.3 is 15.2 Å². The van der Waals surface area contributed by atoms with Gasteiger partial charge in [0, 0.05) is 31.2 Å². The van der Waals surface area contributed by atoms with Gasteiger partial charge >= 0.3 is 0 Å². The Morgan fingerprint density at radius 3 is 2.76 bits per heavy atom. The smallest absolute Gasteiger partial charge is 0.0674 e. The van der Waals surface area contributed by atoms with Crippen molar-refractivity contribution in [2.45, 2.75) is 51.8 Å². The van der Waals surface area contributed by atoms with Crippen LogP contribution in [0.4, 0.5) is 0 Å². The van der Waals surface area contributed by atoms with Gasteiger partial charge in [0.15, 0.2) is 0 Å². The van der Waals surface area contributed by atoms with Crippen LogP contribution in [0.25, 0.3) is 0 Å². The summed E-state index contributed by atoms with van der Waals surface area (Å²) < 4.78 is 5.52. The lowest BCUT2D eigenvalue weighted by atomic mass is 9.97. The van der Waals surface area contributed by atoms with E-state index in [9.17, 15) is 5.11 Å². The number of nitrogens with one attached hydrogen (secondary N) is 1. The molecule has 0 saturated carbocycles. The normalized spacial score (nSPS) is 26.1. The van der Waals surface area contributed by atoms with Gasteiger partial charge in [-0.25, -0.2) is 0 Å². The fraction of sp³-hybridized carbons (Fsp3) is 1.00. The molecule has 2 atom stereocenters. The summed E-state index contributed by atoms with van der Waals surface area (Å²) in [6, 6.07) is 0.399. The van der Waals surface area contributed by atoms with Crippen molar-refractivity contribution in [2.24, 2.45) is 0 Å². The maximum Gasteiger partial charge on any atom is 0.0674 e. The number of morpholine rings is 1. The number of aliphatic hydroxyl groups is 1. The SMILES string of the molecule is CC(C)NC(C)(CO)CCN1CCOC(C)C1. The van der Waals surface area contributed by atoms with Crippen LogP contribution in [0.5, 0.6) is 0 Å². The van der Waals surface area contributed by atoms with E-state index in [0.717, 1.165) is 32.7 Å². The monoisotopic (exact) mass is 244 g/mol. The molecule has 0 aliphatic carbocycles. The summed E-state index contributed by atoms with van der Waals surface area (Å²) in [5, 5.41) is 13.0.